The third-order valence-electron chi connectivity index (χ3n) is 4.06. The quantitative estimate of drug-likeness (QED) is 0.912. The zero-order chi connectivity index (χ0) is 15.4. The molecule has 1 aliphatic heterocycles. The number of piperidine rings is 1. The minimum atomic E-state index is -0.0679. The lowest BCUT2D eigenvalue weighted by Gasteiger charge is -2.22. The van der Waals surface area contributed by atoms with E-state index in [0.29, 0.717) is 11.6 Å². The van der Waals surface area contributed by atoms with Crippen LogP contribution in [0.3, 0.4) is 0 Å². The van der Waals surface area contributed by atoms with E-state index < -0.39 is 0 Å². The Hall–Kier alpha value is -1.72. The number of rotatable bonds is 4. The molecular formula is C17H21N3OS. The van der Waals surface area contributed by atoms with Crippen LogP contribution in [0.25, 0.3) is 10.6 Å². The molecule has 2 N–H and O–H groups in total. The fourth-order valence-corrected chi connectivity index (χ4v) is 3.63. The second-order valence-electron chi connectivity index (χ2n) is 5.78. The van der Waals surface area contributed by atoms with Gasteiger partial charge in [-0.05, 0) is 44.3 Å². The van der Waals surface area contributed by atoms with Crippen LogP contribution in [0.4, 0.5) is 0 Å². The van der Waals surface area contributed by atoms with Gasteiger partial charge < -0.3 is 10.6 Å². The molecule has 0 aliphatic carbocycles. The molecule has 1 aromatic heterocycles. The van der Waals surface area contributed by atoms with Gasteiger partial charge in [0.2, 0.25) is 0 Å². The Bertz CT molecular complexity index is 647. The van der Waals surface area contributed by atoms with Crippen molar-refractivity contribution < 1.29 is 4.79 Å². The Morgan fingerprint density at radius 2 is 2.32 bits per heavy atom. The molecule has 2 aromatic rings. The number of benzene rings is 1. The summed E-state index contributed by atoms with van der Waals surface area (Å²) >= 11 is 1.52. The molecule has 1 aliphatic rings. The number of nitrogens with one attached hydrogen (secondary N) is 2. The smallest absolute Gasteiger partial charge is 0.270 e. The molecule has 5 heteroatoms. The van der Waals surface area contributed by atoms with Crippen molar-refractivity contribution in [1.29, 1.82) is 0 Å². The van der Waals surface area contributed by atoms with Crippen LogP contribution in [0, 0.1) is 12.8 Å². The van der Waals surface area contributed by atoms with Crippen molar-refractivity contribution in [2.45, 2.75) is 19.8 Å². The van der Waals surface area contributed by atoms with Crippen LogP contribution in [0.2, 0.25) is 0 Å². The van der Waals surface area contributed by atoms with Crippen LogP contribution in [-0.2, 0) is 0 Å². The Morgan fingerprint density at radius 3 is 3.09 bits per heavy atom. The molecule has 1 amide bonds. The first kappa shape index (κ1) is 15.2. The highest BCUT2D eigenvalue weighted by atomic mass is 32.1. The average molecular weight is 315 g/mol. The van der Waals surface area contributed by atoms with Crippen molar-refractivity contribution >= 4 is 17.2 Å². The van der Waals surface area contributed by atoms with Crippen molar-refractivity contribution in [1.82, 2.24) is 15.6 Å². The summed E-state index contributed by atoms with van der Waals surface area (Å²) in [5.41, 5.74) is 2.80. The molecule has 116 valence electrons. The van der Waals surface area contributed by atoms with Crippen LogP contribution in [-0.4, -0.2) is 30.5 Å². The summed E-state index contributed by atoms with van der Waals surface area (Å²) in [6.07, 6.45) is 2.37. The maximum absolute atomic E-state index is 12.2. The van der Waals surface area contributed by atoms with E-state index in [2.05, 4.69) is 28.6 Å². The van der Waals surface area contributed by atoms with Gasteiger partial charge in [0.25, 0.3) is 5.91 Å². The molecule has 0 spiro atoms. The zero-order valence-electron chi connectivity index (χ0n) is 12.8. The SMILES string of the molecule is Cc1ccccc1-c1nc(C(=O)NCC2CCCNC2)cs1. The van der Waals surface area contributed by atoms with Gasteiger partial charge in [-0.25, -0.2) is 4.98 Å². The third-order valence-corrected chi connectivity index (χ3v) is 4.94. The highest BCUT2D eigenvalue weighted by molar-refractivity contribution is 7.13. The molecule has 3 rings (SSSR count). The molecule has 4 nitrogen and oxygen atoms in total. The first-order valence-electron chi connectivity index (χ1n) is 7.74. The van der Waals surface area contributed by atoms with Gasteiger partial charge in [-0.2, -0.15) is 0 Å². The van der Waals surface area contributed by atoms with E-state index in [-0.39, 0.29) is 5.91 Å². The molecule has 22 heavy (non-hydrogen) atoms. The second-order valence-corrected chi connectivity index (χ2v) is 6.63. The topological polar surface area (TPSA) is 54.0 Å². The molecule has 2 heterocycles. The van der Waals surface area contributed by atoms with Crippen LogP contribution in [0.1, 0.15) is 28.9 Å². The number of aryl methyl sites for hydroxylation is 1. The molecule has 0 bridgehead atoms. The van der Waals surface area contributed by atoms with E-state index in [1.54, 1.807) is 0 Å². The minimum Gasteiger partial charge on any atom is -0.350 e. The standard InChI is InChI=1S/C17H21N3OS/c1-12-5-2-3-7-14(12)17-20-15(11-22-17)16(21)19-10-13-6-4-8-18-9-13/h2-3,5,7,11,13,18H,4,6,8-10H2,1H3,(H,19,21). The fraction of sp³-hybridized carbons (Fsp3) is 0.412. The predicted molar refractivity (Wildman–Crippen MR) is 90.2 cm³/mol. The molecule has 0 radical (unpaired) electrons. The largest absolute Gasteiger partial charge is 0.350 e. The van der Waals surface area contributed by atoms with Gasteiger partial charge in [0.15, 0.2) is 0 Å². The zero-order valence-corrected chi connectivity index (χ0v) is 13.6. The fourth-order valence-electron chi connectivity index (χ4n) is 2.74. The molecule has 1 aromatic carbocycles. The van der Waals surface area contributed by atoms with Crippen LogP contribution < -0.4 is 10.6 Å². The summed E-state index contributed by atoms with van der Waals surface area (Å²) in [6, 6.07) is 8.12. The van der Waals surface area contributed by atoms with Crippen molar-refractivity contribution in [3.05, 3.63) is 40.9 Å². The van der Waals surface area contributed by atoms with Crippen molar-refractivity contribution in [3.63, 3.8) is 0 Å². The molecule has 0 saturated carbocycles. The molecule has 1 fully saturated rings. The van der Waals surface area contributed by atoms with E-state index in [1.165, 1.54) is 29.7 Å². The normalized spacial score (nSPS) is 18.1. The monoisotopic (exact) mass is 315 g/mol. The lowest BCUT2D eigenvalue weighted by Crippen LogP contribution is -2.38. The maximum atomic E-state index is 12.2. The van der Waals surface area contributed by atoms with Crippen molar-refractivity contribution in [3.8, 4) is 10.6 Å². The number of carbonyl (C=O) groups excluding carboxylic acids is 1. The number of hydrogen-bond acceptors (Lipinski definition) is 4. The van der Waals surface area contributed by atoms with E-state index in [9.17, 15) is 4.79 Å². The van der Waals surface area contributed by atoms with Gasteiger partial charge in [0, 0.05) is 17.5 Å². The summed E-state index contributed by atoms with van der Waals surface area (Å²) in [4.78, 5) is 16.7. The van der Waals surface area contributed by atoms with E-state index >= 15 is 0 Å². The number of nitrogens with zero attached hydrogens (tertiary/aromatic N) is 1. The summed E-state index contributed by atoms with van der Waals surface area (Å²) in [5, 5.41) is 9.13. The van der Waals surface area contributed by atoms with Crippen LogP contribution in [0.15, 0.2) is 29.6 Å². The predicted octanol–water partition coefficient (Wildman–Crippen LogP) is 2.85. The Labute approximate surface area is 135 Å². The van der Waals surface area contributed by atoms with Gasteiger partial charge in [0.05, 0.1) is 0 Å². The van der Waals surface area contributed by atoms with Gasteiger partial charge in [-0.15, -0.1) is 11.3 Å². The number of aromatic nitrogens is 1. The number of thiazole rings is 1. The maximum Gasteiger partial charge on any atom is 0.270 e. The molecular weight excluding hydrogens is 294 g/mol. The summed E-state index contributed by atoms with van der Waals surface area (Å²) in [6.45, 7) is 4.87. The highest BCUT2D eigenvalue weighted by Gasteiger charge is 2.16. The first-order chi connectivity index (χ1) is 10.7. The summed E-state index contributed by atoms with van der Waals surface area (Å²) < 4.78 is 0. The molecule has 1 saturated heterocycles. The summed E-state index contributed by atoms with van der Waals surface area (Å²) in [5.74, 6) is 0.467. The number of hydrogen-bond donors (Lipinski definition) is 2. The number of carbonyl (C=O) groups is 1. The molecule has 1 atom stereocenters. The van der Waals surface area contributed by atoms with Gasteiger partial charge in [-0.1, -0.05) is 24.3 Å². The van der Waals surface area contributed by atoms with Crippen molar-refractivity contribution in [2.75, 3.05) is 19.6 Å². The lowest BCUT2D eigenvalue weighted by atomic mass is 10.00. The van der Waals surface area contributed by atoms with Gasteiger partial charge in [-0.3, -0.25) is 4.79 Å². The van der Waals surface area contributed by atoms with Crippen LogP contribution >= 0.6 is 11.3 Å². The lowest BCUT2D eigenvalue weighted by molar-refractivity contribution is 0.0940. The first-order valence-corrected chi connectivity index (χ1v) is 8.62. The Kier molecular flexibility index (Phi) is 4.85. The molecule has 1 unspecified atom stereocenters. The second kappa shape index (κ2) is 7.03. The minimum absolute atomic E-state index is 0.0679. The van der Waals surface area contributed by atoms with E-state index in [4.69, 9.17) is 0 Å². The van der Waals surface area contributed by atoms with Crippen molar-refractivity contribution in [2.24, 2.45) is 5.92 Å². The number of amides is 1. The third kappa shape index (κ3) is 3.54. The average Bonchev–Trinajstić information content (AvgIpc) is 3.04. The Morgan fingerprint density at radius 1 is 1.45 bits per heavy atom. The highest BCUT2D eigenvalue weighted by Crippen LogP contribution is 2.26. The van der Waals surface area contributed by atoms with Crippen LogP contribution in [0.5, 0.6) is 0 Å². The summed E-state index contributed by atoms with van der Waals surface area (Å²) in [7, 11) is 0. The Balaban J connectivity index is 1.63. The van der Waals surface area contributed by atoms with Gasteiger partial charge >= 0.3 is 0 Å². The van der Waals surface area contributed by atoms with Gasteiger partial charge in [0.1, 0.15) is 10.7 Å². The van der Waals surface area contributed by atoms with E-state index in [1.807, 2.05) is 23.6 Å². The van der Waals surface area contributed by atoms with E-state index in [0.717, 1.165) is 30.2 Å².